The number of aliphatic hydroxyl groups is 1. The Labute approximate surface area is 205 Å². The average molecular weight is 556 g/mol. The second-order valence-electron chi connectivity index (χ2n) is 7.02. The van der Waals surface area contributed by atoms with Crippen molar-refractivity contribution in [1.82, 2.24) is 15.4 Å². The van der Waals surface area contributed by atoms with Crippen LogP contribution >= 0.6 is 38.9 Å². The van der Waals surface area contributed by atoms with Crippen LogP contribution in [-0.4, -0.2) is 34.2 Å². The van der Waals surface area contributed by atoms with Crippen molar-refractivity contribution >= 4 is 67.2 Å². The summed E-state index contributed by atoms with van der Waals surface area (Å²) in [6.07, 6.45) is 1.63. The monoisotopic (exact) mass is 554 g/mol. The minimum atomic E-state index is -0.683. The minimum absolute atomic E-state index is 0.000247. The van der Waals surface area contributed by atoms with Crippen molar-refractivity contribution in [3.8, 4) is 0 Å². The van der Waals surface area contributed by atoms with E-state index in [1.807, 2.05) is 12.3 Å². The summed E-state index contributed by atoms with van der Waals surface area (Å²) >= 11 is 11.2. The summed E-state index contributed by atoms with van der Waals surface area (Å²) in [4.78, 5) is 25.2. The zero-order valence-corrected chi connectivity index (χ0v) is 20.4. The average Bonchev–Trinajstić information content (AvgIpc) is 3.38. The number of hydroxylamine groups is 1. The van der Waals surface area contributed by atoms with Crippen molar-refractivity contribution in [3.05, 3.63) is 67.6 Å². The van der Waals surface area contributed by atoms with Gasteiger partial charge in [0.2, 0.25) is 11.8 Å². The first kappa shape index (κ1) is 23.6. The number of aromatic amines is 1. The van der Waals surface area contributed by atoms with E-state index in [1.54, 1.807) is 35.2 Å². The van der Waals surface area contributed by atoms with E-state index < -0.39 is 11.7 Å². The Morgan fingerprint density at radius 3 is 2.94 bits per heavy atom. The largest absolute Gasteiger partial charge is 0.394 e. The van der Waals surface area contributed by atoms with Gasteiger partial charge >= 0.3 is 0 Å². The van der Waals surface area contributed by atoms with Gasteiger partial charge in [0.05, 0.1) is 45.9 Å². The van der Waals surface area contributed by atoms with Crippen molar-refractivity contribution in [3.63, 3.8) is 0 Å². The minimum Gasteiger partial charge on any atom is -0.394 e. The molecular formula is C21H19BrClFN5O3S+. The third-order valence-electron chi connectivity index (χ3n) is 4.71. The van der Waals surface area contributed by atoms with Crippen LogP contribution in [0.4, 0.5) is 15.8 Å². The first-order valence-corrected chi connectivity index (χ1v) is 11.8. The standard InChI is InChI=1S/C21H18BrClFN5O3S/c1-11-26-13(9-33-11)8-29-10-25-20-17(29)7-14(21(31)28-32-5-4-30)19(18(20)24)27-16-3-2-12(22)6-15(16)23/h2-3,6-7,9-10,30H,4-5,8H2,1H3,(H2,27,28,31)/p+1. The van der Waals surface area contributed by atoms with Gasteiger partial charge in [0.1, 0.15) is 6.54 Å². The lowest BCUT2D eigenvalue weighted by Crippen LogP contribution is -2.33. The summed E-state index contributed by atoms with van der Waals surface area (Å²) in [5.41, 5.74) is 4.08. The lowest BCUT2D eigenvalue weighted by molar-refractivity contribution is -0.662. The second-order valence-corrected chi connectivity index (χ2v) is 9.40. The summed E-state index contributed by atoms with van der Waals surface area (Å²) in [5.74, 6) is -1.34. The highest BCUT2D eigenvalue weighted by Gasteiger charge is 2.26. The molecule has 33 heavy (non-hydrogen) atoms. The van der Waals surface area contributed by atoms with Crippen molar-refractivity contribution in [2.75, 3.05) is 18.5 Å². The van der Waals surface area contributed by atoms with Crippen LogP contribution < -0.4 is 15.4 Å². The Balaban J connectivity index is 1.79. The van der Waals surface area contributed by atoms with Gasteiger partial charge in [-0.3, -0.25) is 9.63 Å². The number of imidazole rings is 1. The summed E-state index contributed by atoms with van der Waals surface area (Å²) in [7, 11) is 0. The molecule has 0 spiro atoms. The number of carbonyl (C=O) groups is 1. The zero-order chi connectivity index (χ0) is 23.5. The highest BCUT2D eigenvalue weighted by Crippen LogP contribution is 2.33. The number of carbonyl (C=O) groups excluding carboxylic acids is 1. The zero-order valence-electron chi connectivity index (χ0n) is 17.3. The van der Waals surface area contributed by atoms with E-state index >= 15 is 4.39 Å². The van der Waals surface area contributed by atoms with Crippen molar-refractivity contribution < 1.29 is 23.7 Å². The summed E-state index contributed by atoms with van der Waals surface area (Å²) < 4.78 is 18.2. The van der Waals surface area contributed by atoms with Crippen LogP contribution in [0.1, 0.15) is 21.1 Å². The number of nitrogens with zero attached hydrogens (tertiary/aromatic N) is 2. The van der Waals surface area contributed by atoms with E-state index in [1.165, 1.54) is 11.3 Å². The molecule has 2 heterocycles. The third kappa shape index (κ3) is 5.17. The van der Waals surface area contributed by atoms with E-state index in [4.69, 9.17) is 21.5 Å². The number of benzene rings is 2. The molecule has 2 aromatic heterocycles. The number of aromatic nitrogens is 3. The van der Waals surface area contributed by atoms with E-state index in [2.05, 4.69) is 36.7 Å². The second kappa shape index (κ2) is 10.1. The van der Waals surface area contributed by atoms with E-state index in [-0.39, 0.29) is 30.0 Å². The molecule has 0 atom stereocenters. The number of rotatable bonds is 8. The number of nitrogens with one attached hydrogen (secondary N) is 3. The topological polar surface area (TPSA) is 103 Å². The van der Waals surface area contributed by atoms with Crippen LogP contribution in [0.2, 0.25) is 5.02 Å². The number of H-pyrrole nitrogens is 1. The highest BCUT2D eigenvalue weighted by molar-refractivity contribution is 9.10. The molecule has 8 nitrogen and oxygen atoms in total. The molecule has 4 aromatic rings. The maximum Gasteiger partial charge on any atom is 0.277 e. The fraction of sp³-hybridized carbons (Fsp3) is 0.190. The molecule has 0 bridgehead atoms. The van der Waals surface area contributed by atoms with Crippen LogP contribution in [0.15, 0.2) is 40.4 Å². The van der Waals surface area contributed by atoms with Gasteiger partial charge in [-0.2, -0.15) is 4.39 Å². The Morgan fingerprint density at radius 1 is 1.42 bits per heavy atom. The number of aryl methyl sites for hydroxylation is 1. The lowest BCUT2D eigenvalue weighted by atomic mass is 10.1. The number of hydrogen-bond donors (Lipinski definition) is 4. The molecule has 0 saturated heterocycles. The first-order chi connectivity index (χ1) is 15.9. The SMILES string of the molecule is Cc1nc(C[n+]2c[nH]c3c(F)c(Nc4ccc(Br)cc4Cl)c(C(=O)NOCCO)cc32)cs1. The molecule has 4 N–H and O–H groups in total. The molecule has 0 aliphatic carbocycles. The van der Waals surface area contributed by atoms with E-state index in [0.717, 1.165) is 15.2 Å². The van der Waals surface area contributed by atoms with Crippen LogP contribution in [-0.2, 0) is 11.4 Å². The molecule has 0 fully saturated rings. The number of halogens is 3. The molecule has 0 unspecified atom stereocenters. The van der Waals surface area contributed by atoms with Crippen molar-refractivity contribution in [1.29, 1.82) is 0 Å². The van der Waals surface area contributed by atoms with Crippen molar-refractivity contribution in [2.24, 2.45) is 0 Å². The van der Waals surface area contributed by atoms with Gasteiger partial charge in [-0.1, -0.05) is 27.5 Å². The predicted octanol–water partition coefficient (Wildman–Crippen LogP) is 4.22. The molecule has 0 aliphatic rings. The first-order valence-electron chi connectivity index (χ1n) is 9.76. The van der Waals surface area contributed by atoms with Gasteiger partial charge < -0.3 is 10.4 Å². The van der Waals surface area contributed by atoms with Gasteiger partial charge in [-0.05, 0) is 25.1 Å². The highest BCUT2D eigenvalue weighted by atomic mass is 79.9. The van der Waals surface area contributed by atoms with E-state index in [0.29, 0.717) is 22.8 Å². The number of amides is 1. The maximum atomic E-state index is 15.7. The maximum absolute atomic E-state index is 15.7. The lowest BCUT2D eigenvalue weighted by Gasteiger charge is -2.14. The number of anilines is 2. The number of aliphatic hydroxyl groups excluding tert-OH is 1. The van der Waals surface area contributed by atoms with Gasteiger partial charge in [0.15, 0.2) is 11.3 Å². The summed E-state index contributed by atoms with van der Waals surface area (Å²) in [6, 6.07) is 6.62. The third-order valence-corrected chi connectivity index (χ3v) is 6.34. The predicted molar refractivity (Wildman–Crippen MR) is 127 cm³/mol. The molecular weight excluding hydrogens is 537 g/mol. The smallest absolute Gasteiger partial charge is 0.277 e. The van der Waals surface area contributed by atoms with Gasteiger partial charge in [0.25, 0.3) is 5.91 Å². The molecule has 12 heteroatoms. The fourth-order valence-corrected chi connectivity index (χ4v) is 4.57. The molecule has 2 aromatic carbocycles. The quantitative estimate of drug-likeness (QED) is 0.148. The number of hydrogen-bond acceptors (Lipinski definition) is 6. The van der Waals surface area contributed by atoms with Crippen molar-refractivity contribution in [2.45, 2.75) is 13.5 Å². The fourth-order valence-electron chi connectivity index (χ4n) is 3.24. The molecule has 172 valence electrons. The van der Waals surface area contributed by atoms with Crippen LogP contribution in [0.25, 0.3) is 11.0 Å². The number of fused-ring (bicyclic) bond motifs is 1. The molecule has 0 aliphatic heterocycles. The molecule has 0 radical (unpaired) electrons. The van der Waals surface area contributed by atoms with E-state index in [9.17, 15) is 4.79 Å². The van der Waals surface area contributed by atoms with Gasteiger partial charge in [-0.25, -0.2) is 20.0 Å². The van der Waals surface area contributed by atoms with Gasteiger partial charge in [0, 0.05) is 15.9 Å². The van der Waals surface area contributed by atoms with Crippen LogP contribution in [0.3, 0.4) is 0 Å². The summed E-state index contributed by atoms with van der Waals surface area (Å²) in [5, 5.41) is 15.0. The normalized spacial score (nSPS) is 11.2. The Kier molecular flexibility index (Phi) is 7.25. The van der Waals surface area contributed by atoms with Crippen LogP contribution in [0, 0.1) is 12.7 Å². The number of thiazole rings is 1. The Bertz CT molecular complexity index is 1330. The Morgan fingerprint density at radius 2 is 2.24 bits per heavy atom. The summed E-state index contributed by atoms with van der Waals surface area (Å²) in [6.45, 7) is 1.92. The molecule has 4 rings (SSSR count). The molecule has 0 saturated carbocycles. The van der Waals surface area contributed by atoms with Crippen LogP contribution in [0.5, 0.6) is 0 Å². The Hall–Kier alpha value is -2.57. The van der Waals surface area contributed by atoms with Gasteiger partial charge in [-0.15, -0.1) is 11.3 Å². The molecule has 1 amide bonds.